The van der Waals surface area contributed by atoms with Crippen LogP contribution < -0.4 is 54.8 Å². The molecule has 6 atom stereocenters. The molecule has 0 fully saturated rings. The van der Waals surface area contributed by atoms with Crippen molar-refractivity contribution in [3.05, 3.63) is 254 Å². The minimum atomic E-state index is -2.10. The molecular formula is C101H124N12Si3. The molecule has 6 unspecified atom stereocenters. The third kappa shape index (κ3) is 9.01. The summed E-state index contributed by atoms with van der Waals surface area (Å²) in [5.41, 5.74) is 32.3. The molecule has 0 bridgehead atoms. The number of hydrogen-bond donors (Lipinski definition) is 0. The number of allylic oxidation sites excluding steroid dienone is 3. The van der Waals surface area contributed by atoms with Crippen LogP contribution in [0.4, 0.5) is 56.9 Å². The van der Waals surface area contributed by atoms with E-state index in [0.29, 0.717) is 12.3 Å². The topological polar surface area (TPSA) is 38.9 Å². The van der Waals surface area contributed by atoms with Crippen molar-refractivity contribution in [1.82, 2.24) is 19.6 Å². The summed E-state index contributed by atoms with van der Waals surface area (Å²) in [5.74, 6) is 0. The predicted molar refractivity (Wildman–Crippen MR) is 495 cm³/mol. The molecular weight excluding hydrogens is 1470 g/mol. The summed E-state index contributed by atoms with van der Waals surface area (Å²) < 4.78 is 94.7. The van der Waals surface area contributed by atoms with Crippen molar-refractivity contribution < 1.29 is 16.4 Å². The third-order valence-corrected chi connectivity index (χ3v) is 47.8. The van der Waals surface area contributed by atoms with Crippen LogP contribution >= 0.6 is 0 Å². The van der Waals surface area contributed by atoms with Gasteiger partial charge in [-0.25, -0.2) is 0 Å². The Morgan fingerprint density at radius 1 is 0.293 bits per heavy atom. The third-order valence-electron chi connectivity index (χ3n) is 34.1. The Morgan fingerprint density at radius 3 is 1.10 bits per heavy atom. The fourth-order valence-electron chi connectivity index (χ4n) is 24.4. The second kappa shape index (κ2) is 23.5. The maximum Gasteiger partial charge on any atom is 0.117 e. The zero-order valence-corrected chi connectivity index (χ0v) is 75.2. The van der Waals surface area contributed by atoms with Crippen molar-refractivity contribution in [3.63, 3.8) is 0 Å². The van der Waals surface area contributed by atoms with Gasteiger partial charge in [0.1, 0.15) is 53.1 Å². The molecule has 0 aliphatic carbocycles. The van der Waals surface area contributed by atoms with Crippen LogP contribution in [0, 0.1) is 10.8 Å². The molecule has 600 valence electrons. The van der Waals surface area contributed by atoms with Gasteiger partial charge < -0.3 is 58.8 Å². The molecule has 0 radical (unpaired) electrons. The summed E-state index contributed by atoms with van der Waals surface area (Å²) in [6, 6.07) is 53.5. The van der Waals surface area contributed by atoms with Crippen LogP contribution in [0.1, 0.15) is 175 Å². The van der Waals surface area contributed by atoms with E-state index in [9.17, 15) is 0 Å². The molecule has 26 rings (SSSR count). The SMILES string of the molecule is CN1c2cccc3c2N2c4c(cccc4C3(C)C)CC12.CN1c2cccc3c2N2c4c(cccc4[Si]3(C)C)CC12.[2H]C([2H])([2H])N1C=C2N3c4c(cccc4C(C)(C)C2(C)C)CC31.[2H]C([2H])([2H])N1C=C2N3c4c(cccc4C(C)(C)C2(C)C)CC31.[2H]C([2H])([2H])N1C=C2N3c4c(cccc4C(C)(C)[Si]2(C)C)CC31.[2H]C([2H])([2H])N1C=C2N3c4c(cccc4[Si](C)(C)C2(C)C)CC31. The van der Waals surface area contributed by atoms with Gasteiger partial charge in [0.15, 0.2) is 0 Å². The highest BCUT2D eigenvalue weighted by atomic mass is 28.3. The van der Waals surface area contributed by atoms with Gasteiger partial charge in [0.25, 0.3) is 0 Å². The smallest absolute Gasteiger partial charge is 0.117 e. The fourth-order valence-corrected chi connectivity index (χ4v) is 33.2. The van der Waals surface area contributed by atoms with Crippen LogP contribution in [-0.2, 0) is 59.8 Å². The number of para-hydroxylation sites is 8. The average Bonchev–Trinajstić information content (AvgIpc) is 1.51. The number of rotatable bonds is 0. The van der Waals surface area contributed by atoms with Gasteiger partial charge in [-0.15, -0.1) is 0 Å². The molecule has 18 heterocycles. The highest BCUT2D eigenvalue weighted by molar-refractivity contribution is 7.03. The molecule has 0 spiro atoms. The highest BCUT2D eigenvalue weighted by Crippen LogP contribution is 2.66. The van der Waals surface area contributed by atoms with Crippen molar-refractivity contribution >= 4 is 96.7 Å². The van der Waals surface area contributed by atoms with Gasteiger partial charge in [-0.05, 0) is 93.9 Å². The Labute approximate surface area is 712 Å². The second-order valence-electron chi connectivity index (χ2n) is 41.7. The Kier molecular flexibility index (Phi) is 12.6. The number of likely N-dealkylation sites (N-methyl/N-ethyl adjacent to an activating group) is 6. The summed E-state index contributed by atoms with van der Waals surface area (Å²) >= 11 is 0. The first-order valence-corrected chi connectivity index (χ1v) is 51.7. The molecule has 12 nitrogen and oxygen atoms in total. The largest absolute Gasteiger partial charge is 0.359 e. The van der Waals surface area contributed by atoms with E-state index in [1.807, 2.05) is 24.8 Å². The lowest BCUT2D eigenvalue weighted by molar-refractivity contribution is 0.233. The van der Waals surface area contributed by atoms with E-state index in [1.165, 1.54) is 123 Å². The zero-order valence-electron chi connectivity index (χ0n) is 84.2. The Morgan fingerprint density at radius 2 is 0.621 bits per heavy atom. The Balaban J connectivity index is 0.0000000934. The van der Waals surface area contributed by atoms with Crippen LogP contribution in [0.5, 0.6) is 0 Å². The van der Waals surface area contributed by atoms with Gasteiger partial charge in [-0.2, -0.15) is 0 Å². The van der Waals surface area contributed by atoms with Crippen LogP contribution in [0.15, 0.2) is 193 Å². The second-order valence-corrected chi connectivity index (χ2v) is 56.1. The standard InChI is InChI=1S/C18H18N2.C17H18N2Si.2C17H22N2.2C16H22N2Si/c1-18(2)12-7-4-6-11-10-15-19(3)14-9-5-8-13(18)17(14)20(15)16(11)12;1-18-12-7-5-9-14-17(12)19-15(18)10-11-6-4-8-13(16(11)19)20(14,2)3;2*1-16(2)12-8-6-7-11-9-14-18(5)10-13(17(16,3)4)19(14)15(11)12;1-16(2)13-10-17(3)14-9-11-7-6-8-12(19(16,4)5)15(11)18(13)14;1-16(2)12-8-6-7-11-9-13-17(3)10-14(19(16,4)5)18(13)15(11)12/h2*4-9,15H,10H2,1-3H3;3*6-8,10,14H,9H2,1-5H3;6-8,10,13H,9H2,1-5H3/i;;2*5D3;2*3D3. The monoisotopic (exact) mass is 1600 g/mol. The normalized spacial score (nSPS) is 28.6. The summed E-state index contributed by atoms with van der Waals surface area (Å²) in [5, 5.41) is 6.09. The van der Waals surface area contributed by atoms with E-state index >= 15 is 0 Å². The first-order valence-electron chi connectivity index (χ1n) is 48.7. The van der Waals surface area contributed by atoms with Gasteiger partial charge in [-0.3, -0.25) is 0 Å². The van der Waals surface area contributed by atoms with Crippen LogP contribution in [0.25, 0.3) is 0 Å². The lowest BCUT2D eigenvalue weighted by Crippen LogP contribution is -2.59. The molecule has 18 aliphatic heterocycles. The van der Waals surface area contributed by atoms with Crippen molar-refractivity contribution in [3.8, 4) is 0 Å². The maximum atomic E-state index is 7.90. The van der Waals surface area contributed by atoms with Gasteiger partial charge in [-0.1, -0.05) is 270 Å². The molecule has 15 heteroatoms. The van der Waals surface area contributed by atoms with E-state index in [2.05, 4.69) is 335 Å². The van der Waals surface area contributed by atoms with E-state index in [4.69, 9.17) is 16.4 Å². The van der Waals surface area contributed by atoms with E-state index < -0.39 is 52.1 Å². The minimum absolute atomic E-state index is 0.0151. The highest BCUT2D eigenvalue weighted by Gasteiger charge is 2.62. The molecule has 8 aromatic rings. The van der Waals surface area contributed by atoms with Crippen LogP contribution in [-0.4, -0.2) is 123 Å². The molecule has 0 amide bonds. The number of nitrogens with zero attached hydrogens (tertiary/aromatic N) is 12. The van der Waals surface area contributed by atoms with Crippen LogP contribution in [0.2, 0.25) is 44.3 Å². The number of hydrogen-bond acceptors (Lipinski definition) is 12. The summed E-state index contributed by atoms with van der Waals surface area (Å²) in [7, 11) is -0.657. The first-order chi connectivity index (χ1) is 59.5. The lowest BCUT2D eigenvalue weighted by atomic mass is 9.60. The van der Waals surface area contributed by atoms with Gasteiger partial charge in [0.2, 0.25) is 0 Å². The number of anilines is 10. The zero-order chi connectivity index (χ0) is 91.6. The molecule has 0 saturated carbocycles. The van der Waals surface area contributed by atoms with E-state index in [0.717, 1.165) is 49.9 Å². The van der Waals surface area contributed by atoms with Crippen molar-refractivity contribution in [2.45, 2.75) is 238 Å². The summed E-state index contributed by atoms with van der Waals surface area (Å²) in [6.07, 6.45) is 13.7. The molecule has 18 aliphatic rings. The van der Waals surface area contributed by atoms with Crippen LogP contribution in [0.3, 0.4) is 0 Å². The predicted octanol–water partition coefficient (Wildman–Crippen LogP) is 19.2. The number of benzene rings is 8. The van der Waals surface area contributed by atoms with E-state index in [1.54, 1.807) is 41.2 Å². The average molecular weight is 1600 g/mol. The fraction of sp³-hybridized carbons (Fsp3) is 0.446. The molecule has 116 heavy (non-hydrogen) atoms. The van der Waals surface area contributed by atoms with Crippen molar-refractivity contribution in [2.75, 3.05) is 81.2 Å². The summed E-state index contributed by atoms with van der Waals surface area (Å²) in [4.78, 5) is 25.7. The maximum absolute atomic E-state index is 7.90. The quantitative estimate of drug-likeness (QED) is 0.136. The summed E-state index contributed by atoms with van der Waals surface area (Å²) in [6.45, 7) is 38.2. The molecule has 0 N–H and O–H groups in total. The first kappa shape index (κ1) is 62.2. The molecule has 8 aromatic carbocycles. The Bertz CT molecular complexity index is 5660. The molecule has 0 saturated heterocycles. The minimum Gasteiger partial charge on any atom is -0.359 e. The van der Waals surface area contributed by atoms with Gasteiger partial charge >= 0.3 is 0 Å². The lowest BCUT2D eigenvalue weighted by Gasteiger charge is -2.51. The van der Waals surface area contributed by atoms with Crippen molar-refractivity contribution in [2.24, 2.45) is 10.8 Å². The Hall–Kier alpha value is -9.03. The van der Waals surface area contributed by atoms with Gasteiger partial charge in [0, 0.05) is 205 Å². The van der Waals surface area contributed by atoms with Gasteiger partial charge in [0.05, 0.1) is 36.5 Å². The van der Waals surface area contributed by atoms with E-state index in [-0.39, 0.29) is 61.8 Å². The van der Waals surface area contributed by atoms with Crippen molar-refractivity contribution in [1.29, 1.82) is 0 Å². The molecule has 0 aromatic heterocycles.